The Bertz CT molecular complexity index is 1030. The quantitative estimate of drug-likeness (QED) is 0.542. The molecule has 158 valence electrons. The van der Waals surface area contributed by atoms with Crippen LogP contribution in [0, 0.1) is 11.6 Å². The summed E-state index contributed by atoms with van der Waals surface area (Å²) < 4.78 is 39.2. The third-order valence-electron chi connectivity index (χ3n) is 4.93. The zero-order valence-corrected chi connectivity index (χ0v) is 17.4. The second-order valence-electron chi connectivity index (χ2n) is 7.12. The first kappa shape index (κ1) is 20.7. The summed E-state index contributed by atoms with van der Waals surface area (Å²) in [6, 6.07) is 9.39. The third kappa shape index (κ3) is 4.60. The van der Waals surface area contributed by atoms with Crippen LogP contribution in [0.1, 0.15) is 25.3 Å². The Morgan fingerprint density at radius 2 is 2.10 bits per heavy atom. The van der Waals surface area contributed by atoms with Crippen molar-refractivity contribution < 1.29 is 23.0 Å². The summed E-state index contributed by atoms with van der Waals surface area (Å²) in [6.45, 7) is 3.47. The average molecular weight is 432 g/mol. The van der Waals surface area contributed by atoms with Crippen molar-refractivity contribution in [1.82, 2.24) is 4.98 Å². The molecule has 1 saturated heterocycles. The summed E-state index contributed by atoms with van der Waals surface area (Å²) in [4.78, 5) is 19.0. The number of carbonyl (C=O) groups is 1. The van der Waals surface area contributed by atoms with Gasteiger partial charge in [0.1, 0.15) is 17.1 Å². The lowest BCUT2D eigenvalue weighted by atomic mass is 10.1. The zero-order chi connectivity index (χ0) is 21.1. The van der Waals surface area contributed by atoms with Crippen LogP contribution < -0.4 is 9.64 Å². The van der Waals surface area contributed by atoms with Crippen molar-refractivity contribution in [3.8, 4) is 5.75 Å². The lowest BCUT2D eigenvalue weighted by molar-refractivity contribution is -0.118. The first-order valence-corrected chi connectivity index (χ1v) is 10.7. The highest BCUT2D eigenvalue weighted by atomic mass is 32.1. The first-order chi connectivity index (χ1) is 14.5. The van der Waals surface area contributed by atoms with Gasteiger partial charge in [0.25, 0.3) is 0 Å². The van der Waals surface area contributed by atoms with Gasteiger partial charge in [0.15, 0.2) is 10.9 Å². The number of thiazole rings is 1. The maximum absolute atomic E-state index is 14.1. The molecule has 0 bridgehead atoms. The van der Waals surface area contributed by atoms with E-state index in [4.69, 9.17) is 9.47 Å². The fourth-order valence-electron chi connectivity index (χ4n) is 3.48. The second kappa shape index (κ2) is 9.06. The first-order valence-electron chi connectivity index (χ1n) is 9.92. The molecule has 1 atom stereocenters. The predicted molar refractivity (Wildman–Crippen MR) is 112 cm³/mol. The Labute approximate surface area is 177 Å². The fourth-order valence-corrected chi connectivity index (χ4v) is 4.51. The van der Waals surface area contributed by atoms with Gasteiger partial charge < -0.3 is 9.47 Å². The lowest BCUT2D eigenvalue weighted by Crippen LogP contribution is -2.38. The van der Waals surface area contributed by atoms with Gasteiger partial charge in [-0.15, -0.1) is 0 Å². The van der Waals surface area contributed by atoms with Crippen LogP contribution in [0.5, 0.6) is 5.75 Å². The number of fused-ring (bicyclic) bond motifs is 1. The normalized spacial score (nSPS) is 16.2. The highest BCUT2D eigenvalue weighted by molar-refractivity contribution is 7.22. The smallest absolute Gasteiger partial charge is 0.233 e. The van der Waals surface area contributed by atoms with E-state index >= 15 is 0 Å². The van der Waals surface area contributed by atoms with Crippen molar-refractivity contribution in [1.29, 1.82) is 0 Å². The van der Waals surface area contributed by atoms with Crippen LogP contribution in [0.2, 0.25) is 0 Å². The van der Waals surface area contributed by atoms with E-state index in [1.165, 1.54) is 11.0 Å². The molecule has 0 saturated carbocycles. The molecule has 1 amide bonds. The summed E-state index contributed by atoms with van der Waals surface area (Å²) in [6.07, 6.45) is 1.85. The number of nitrogens with zero attached hydrogens (tertiary/aromatic N) is 2. The molecular formula is C22H22F2N2O3S. The topological polar surface area (TPSA) is 51.7 Å². The molecule has 8 heteroatoms. The van der Waals surface area contributed by atoms with E-state index < -0.39 is 11.6 Å². The highest BCUT2D eigenvalue weighted by Crippen LogP contribution is 2.32. The highest BCUT2D eigenvalue weighted by Gasteiger charge is 2.27. The standard InChI is InChI=1S/C22H22F2N2O3S/c1-2-28-16-7-5-14(6-8-16)10-20(27)26(13-17-4-3-9-29-17)22-25-21-18(24)11-15(23)12-19(21)30-22/h5-8,11-12,17H,2-4,9-10,13H2,1H3. The van der Waals surface area contributed by atoms with Crippen molar-refractivity contribution in [2.75, 3.05) is 24.7 Å². The van der Waals surface area contributed by atoms with Crippen LogP contribution in [0.25, 0.3) is 10.2 Å². The van der Waals surface area contributed by atoms with Gasteiger partial charge in [-0.1, -0.05) is 23.5 Å². The fraction of sp³-hybridized carbons (Fsp3) is 0.364. The molecule has 5 nitrogen and oxygen atoms in total. The number of hydrogen-bond acceptors (Lipinski definition) is 5. The SMILES string of the molecule is CCOc1ccc(CC(=O)N(CC2CCCO2)c2nc3c(F)cc(F)cc3s2)cc1. The van der Waals surface area contributed by atoms with E-state index in [2.05, 4.69) is 4.98 Å². The van der Waals surface area contributed by atoms with Gasteiger partial charge in [-0.2, -0.15) is 0 Å². The van der Waals surface area contributed by atoms with Crippen LogP contribution in [0.4, 0.5) is 13.9 Å². The van der Waals surface area contributed by atoms with Gasteiger partial charge in [-0.3, -0.25) is 9.69 Å². The average Bonchev–Trinajstić information content (AvgIpc) is 3.37. The number of anilines is 1. The molecule has 2 aromatic carbocycles. The summed E-state index contributed by atoms with van der Waals surface area (Å²) in [5.74, 6) is -0.826. The molecule has 1 aliphatic heterocycles. The minimum atomic E-state index is -0.733. The van der Waals surface area contributed by atoms with Crippen molar-refractivity contribution >= 4 is 32.6 Å². The van der Waals surface area contributed by atoms with Gasteiger partial charge in [0.05, 0.1) is 30.4 Å². The van der Waals surface area contributed by atoms with E-state index in [1.807, 2.05) is 31.2 Å². The molecule has 4 rings (SSSR count). The maximum Gasteiger partial charge on any atom is 0.233 e. The number of amides is 1. The largest absolute Gasteiger partial charge is 0.494 e. The number of hydrogen-bond donors (Lipinski definition) is 0. The molecular weight excluding hydrogens is 410 g/mol. The zero-order valence-electron chi connectivity index (χ0n) is 16.6. The number of carbonyl (C=O) groups excluding carboxylic acids is 1. The van der Waals surface area contributed by atoms with Crippen LogP contribution >= 0.6 is 11.3 Å². The van der Waals surface area contributed by atoms with Gasteiger partial charge in [-0.25, -0.2) is 13.8 Å². The number of aromatic nitrogens is 1. The summed E-state index contributed by atoms with van der Waals surface area (Å²) >= 11 is 1.10. The second-order valence-corrected chi connectivity index (χ2v) is 8.13. The Hall–Kier alpha value is -2.58. The number of ether oxygens (including phenoxy) is 2. The van der Waals surface area contributed by atoms with Crippen LogP contribution in [0.3, 0.4) is 0 Å². The van der Waals surface area contributed by atoms with Crippen molar-refractivity contribution in [3.63, 3.8) is 0 Å². The lowest BCUT2D eigenvalue weighted by Gasteiger charge is -2.23. The molecule has 0 radical (unpaired) electrons. The Balaban J connectivity index is 1.60. The monoisotopic (exact) mass is 432 g/mol. The Kier molecular flexibility index (Phi) is 6.24. The van der Waals surface area contributed by atoms with E-state index in [0.717, 1.165) is 41.6 Å². The molecule has 1 unspecified atom stereocenters. The van der Waals surface area contributed by atoms with Crippen molar-refractivity contribution in [3.05, 3.63) is 53.6 Å². The number of halogens is 2. The van der Waals surface area contributed by atoms with Crippen molar-refractivity contribution in [2.45, 2.75) is 32.3 Å². The van der Waals surface area contributed by atoms with Crippen LogP contribution in [-0.2, 0) is 16.0 Å². The summed E-state index contributed by atoms with van der Waals surface area (Å²) in [7, 11) is 0. The molecule has 1 fully saturated rings. The van der Waals surface area contributed by atoms with E-state index in [0.29, 0.717) is 29.6 Å². The molecule has 2 heterocycles. The molecule has 0 N–H and O–H groups in total. The van der Waals surface area contributed by atoms with Gasteiger partial charge in [0, 0.05) is 12.7 Å². The number of benzene rings is 2. The molecule has 1 aromatic heterocycles. The summed E-state index contributed by atoms with van der Waals surface area (Å²) in [5.41, 5.74) is 0.904. The predicted octanol–water partition coefficient (Wildman–Crippen LogP) is 4.73. The van der Waals surface area contributed by atoms with E-state index in [9.17, 15) is 13.6 Å². The molecule has 0 spiro atoms. The van der Waals surface area contributed by atoms with Gasteiger partial charge in [0.2, 0.25) is 5.91 Å². The third-order valence-corrected chi connectivity index (χ3v) is 5.96. The minimum absolute atomic E-state index is 0.0719. The van der Waals surface area contributed by atoms with Gasteiger partial charge in [-0.05, 0) is 43.5 Å². The Morgan fingerprint density at radius 3 is 2.80 bits per heavy atom. The van der Waals surface area contributed by atoms with E-state index in [-0.39, 0.29) is 23.9 Å². The number of rotatable bonds is 7. The molecule has 1 aliphatic rings. The molecule has 3 aromatic rings. The van der Waals surface area contributed by atoms with E-state index in [1.54, 1.807) is 0 Å². The summed E-state index contributed by atoms with van der Waals surface area (Å²) in [5, 5.41) is 0.348. The minimum Gasteiger partial charge on any atom is -0.494 e. The maximum atomic E-state index is 14.1. The Morgan fingerprint density at radius 1 is 1.30 bits per heavy atom. The van der Waals surface area contributed by atoms with Gasteiger partial charge >= 0.3 is 0 Å². The molecule has 30 heavy (non-hydrogen) atoms. The van der Waals surface area contributed by atoms with Crippen LogP contribution in [0.15, 0.2) is 36.4 Å². The molecule has 0 aliphatic carbocycles. The van der Waals surface area contributed by atoms with Crippen LogP contribution in [-0.4, -0.2) is 36.8 Å². The van der Waals surface area contributed by atoms with Crippen molar-refractivity contribution in [2.24, 2.45) is 0 Å².